The van der Waals surface area contributed by atoms with Crippen molar-refractivity contribution in [3.63, 3.8) is 0 Å². The van der Waals surface area contributed by atoms with Crippen molar-refractivity contribution in [3.8, 4) is 11.4 Å². The lowest BCUT2D eigenvalue weighted by atomic mass is 9.96. The molecule has 0 unspecified atom stereocenters. The molecule has 9 heteroatoms. The number of likely N-dealkylation sites (tertiary alicyclic amines) is 1. The quantitative estimate of drug-likeness (QED) is 0.347. The maximum atomic E-state index is 12.5. The molecule has 4 rings (SSSR count). The third-order valence-electron chi connectivity index (χ3n) is 5.83. The van der Waals surface area contributed by atoms with Gasteiger partial charge in [0.25, 0.3) is 0 Å². The summed E-state index contributed by atoms with van der Waals surface area (Å²) >= 11 is 14.1. The Hall–Kier alpha value is -2.06. The van der Waals surface area contributed by atoms with E-state index in [2.05, 4.69) is 44.6 Å². The number of nitrogens with zero attached hydrogens (tertiary/aromatic N) is 3. The molecule has 1 aliphatic rings. The van der Waals surface area contributed by atoms with E-state index >= 15 is 0 Å². The molecule has 180 valence electrons. The van der Waals surface area contributed by atoms with Crippen LogP contribution in [0.2, 0.25) is 10.0 Å². The lowest BCUT2D eigenvalue weighted by molar-refractivity contribution is -0.126. The van der Waals surface area contributed by atoms with E-state index in [9.17, 15) is 4.79 Å². The van der Waals surface area contributed by atoms with E-state index in [4.69, 9.17) is 27.7 Å². The minimum Gasteiger partial charge on any atom is -0.356 e. The largest absolute Gasteiger partial charge is 0.356 e. The van der Waals surface area contributed by atoms with Gasteiger partial charge < -0.3 is 9.84 Å². The zero-order chi connectivity index (χ0) is 23.8. The molecule has 0 radical (unpaired) electrons. The van der Waals surface area contributed by atoms with E-state index in [0.29, 0.717) is 33.9 Å². The monoisotopic (exact) mass is 518 g/mol. The van der Waals surface area contributed by atoms with Crippen LogP contribution in [0, 0.1) is 5.92 Å². The third-order valence-corrected chi connectivity index (χ3v) is 7.50. The highest BCUT2D eigenvalue weighted by molar-refractivity contribution is 7.98. The molecule has 1 aliphatic heterocycles. The van der Waals surface area contributed by atoms with Gasteiger partial charge in [0.2, 0.25) is 17.6 Å². The van der Waals surface area contributed by atoms with Gasteiger partial charge in [-0.05, 0) is 61.9 Å². The summed E-state index contributed by atoms with van der Waals surface area (Å²) in [5.74, 6) is 3.29. The molecule has 6 nitrogen and oxygen atoms in total. The molecular weight excluding hydrogens is 491 g/mol. The summed E-state index contributed by atoms with van der Waals surface area (Å²) in [6.07, 6.45) is 2.65. The molecule has 1 amide bonds. The van der Waals surface area contributed by atoms with Crippen molar-refractivity contribution in [1.82, 2.24) is 20.4 Å². The van der Waals surface area contributed by atoms with Crippen molar-refractivity contribution < 1.29 is 9.32 Å². The van der Waals surface area contributed by atoms with Crippen molar-refractivity contribution in [2.45, 2.75) is 31.6 Å². The minimum atomic E-state index is 0.0688. The molecule has 0 saturated carbocycles. The number of halogens is 2. The fourth-order valence-corrected chi connectivity index (χ4v) is 5.35. The normalized spacial score (nSPS) is 14.9. The number of carbonyl (C=O) groups excluding carboxylic acids is 1. The van der Waals surface area contributed by atoms with Crippen LogP contribution in [0.4, 0.5) is 0 Å². The first-order chi connectivity index (χ1) is 16.6. The van der Waals surface area contributed by atoms with Gasteiger partial charge in [-0.2, -0.15) is 16.7 Å². The summed E-state index contributed by atoms with van der Waals surface area (Å²) in [4.78, 5) is 19.3. The Labute approximate surface area is 214 Å². The smallest absolute Gasteiger partial charge is 0.241 e. The summed E-state index contributed by atoms with van der Waals surface area (Å²) in [6.45, 7) is 2.94. The highest BCUT2D eigenvalue weighted by atomic mass is 35.5. The molecule has 0 bridgehead atoms. The third kappa shape index (κ3) is 7.22. The van der Waals surface area contributed by atoms with Gasteiger partial charge in [0, 0.05) is 28.8 Å². The summed E-state index contributed by atoms with van der Waals surface area (Å²) in [5, 5.41) is 8.21. The molecule has 0 atom stereocenters. The topological polar surface area (TPSA) is 71.3 Å². The Morgan fingerprint density at radius 1 is 1.15 bits per heavy atom. The van der Waals surface area contributed by atoms with Gasteiger partial charge in [-0.15, -0.1) is 0 Å². The highest BCUT2D eigenvalue weighted by Crippen LogP contribution is 2.28. The van der Waals surface area contributed by atoms with Crippen LogP contribution in [0.25, 0.3) is 11.4 Å². The van der Waals surface area contributed by atoms with Crippen molar-refractivity contribution in [2.75, 3.05) is 25.4 Å². The lowest BCUT2D eigenvalue weighted by Crippen LogP contribution is -2.40. The van der Waals surface area contributed by atoms with Crippen LogP contribution in [0.3, 0.4) is 0 Å². The molecule has 2 aromatic carbocycles. The van der Waals surface area contributed by atoms with E-state index in [0.717, 1.165) is 50.4 Å². The molecular formula is C25H28Cl2N4O2S. The lowest BCUT2D eigenvalue weighted by Gasteiger charge is -2.30. The fraction of sp³-hybridized carbons (Fsp3) is 0.400. The van der Waals surface area contributed by atoms with Gasteiger partial charge in [-0.25, -0.2) is 0 Å². The Morgan fingerprint density at radius 3 is 2.71 bits per heavy atom. The first-order valence-electron chi connectivity index (χ1n) is 11.5. The Bertz CT molecular complexity index is 1070. The number of amides is 1. The number of carbonyl (C=O) groups is 1. The first-order valence-corrected chi connectivity index (χ1v) is 13.4. The predicted octanol–water partition coefficient (Wildman–Crippen LogP) is 5.70. The molecule has 1 N–H and O–H groups in total. The summed E-state index contributed by atoms with van der Waals surface area (Å²) < 4.78 is 5.42. The molecule has 0 aliphatic carbocycles. The van der Waals surface area contributed by atoms with Gasteiger partial charge in [0.05, 0.1) is 11.6 Å². The van der Waals surface area contributed by atoms with Crippen LogP contribution in [-0.4, -0.2) is 46.3 Å². The molecule has 1 aromatic heterocycles. The number of benzene rings is 2. The number of hydrogen-bond donors (Lipinski definition) is 1. The van der Waals surface area contributed by atoms with Gasteiger partial charge in [0.15, 0.2) is 0 Å². The van der Waals surface area contributed by atoms with Crippen LogP contribution in [0.15, 0.2) is 53.1 Å². The molecule has 1 fully saturated rings. The van der Waals surface area contributed by atoms with Gasteiger partial charge in [0.1, 0.15) is 0 Å². The van der Waals surface area contributed by atoms with Crippen LogP contribution in [-0.2, 0) is 17.1 Å². The number of nitrogens with one attached hydrogen (secondary N) is 1. The molecule has 3 aromatic rings. The number of rotatable bonds is 10. The minimum absolute atomic E-state index is 0.0688. The van der Waals surface area contributed by atoms with E-state index in [1.165, 1.54) is 5.56 Å². The van der Waals surface area contributed by atoms with Crippen molar-refractivity contribution in [1.29, 1.82) is 0 Å². The van der Waals surface area contributed by atoms with Crippen LogP contribution >= 0.6 is 35.0 Å². The van der Waals surface area contributed by atoms with Crippen molar-refractivity contribution >= 4 is 40.9 Å². The molecule has 0 spiro atoms. The SMILES string of the molecule is O=C(NCCCSCc1ccccc1)C1CCN(Cc2nc(-c3ccc(Cl)cc3Cl)no2)CC1. The van der Waals surface area contributed by atoms with Gasteiger partial charge >= 0.3 is 0 Å². The van der Waals surface area contributed by atoms with Crippen LogP contribution < -0.4 is 5.32 Å². The first kappa shape index (κ1) is 25.0. The maximum absolute atomic E-state index is 12.5. The van der Waals surface area contributed by atoms with E-state index in [-0.39, 0.29) is 11.8 Å². The molecule has 2 heterocycles. The second-order valence-electron chi connectivity index (χ2n) is 8.37. The Balaban J connectivity index is 1.13. The highest BCUT2D eigenvalue weighted by Gasteiger charge is 2.26. The van der Waals surface area contributed by atoms with E-state index in [1.54, 1.807) is 18.2 Å². The zero-order valence-corrected chi connectivity index (χ0v) is 21.2. The summed E-state index contributed by atoms with van der Waals surface area (Å²) in [7, 11) is 0. The Morgan fingerprint density at radius 2 is 1.94 bits per heavy atom. The number of thioether (sulfide) groups is 1. The number of hydrogen-bond acceptors (Lipinski definition) is 6. The van der Waals surface area contributed by atoms with Crippen LogP contribution in [0.1, 0.15) is 30.7 Å². The maximum Gasteiger partial charge on any atom is 0.241 e. The second kappa shape index (κ2) is 12.6. The van der Waals surface area contributed by atoms with Crippen molar-refractivity contribution in [2.24, 2.45) is 5.92 Å². The van der Waals surface area contributed by atoms with Crippen molar-refractivity contribution in [3.05, 3.63) is 70.0 Å². The summed E-state index contributed by atoms with van der Waals surface area (Å²) in [5.41, 5.74) is 2.03. The second-order valence-corrected chi connectivity index (χ2v) is 10.3. The van der Waals surface area contributed by atoms with Gasteiger partial charge in [-0.1, -0.05) is 58.7 Å². The molecule has 1 saturated heterocycles. The van der Waals surface area contributed by atoms with E-state index in [1.807, 2.05) is 17.8 Å². The number of aromatic nitrogens is 2. The molecule has 34 heavy (non-hydrogen) atoms. The average Bonchev–Trinajstić information content (AvgIpc) is 3.30. The zero-order valence-electron chi connectivity index (χ0n) is 18.9. The van der Waals surface area contributed by atoms with Crippen LogP contribution in [0.5, 0.6) is 0 Å². The average molecular weight is 519 g/mol. The Kier molecular flexibility index (Phi) is 9.27. The van der Waals surface area contributed by atoms with Gasteiger partial charge in [-0.3, -0.25) is 9.69 Å². The fourth-order valence-electron chi connectivity index (χ4n) is 3.94. The summed E-state index contributed by atoms with van der Waals surface area (Å²) in [6, 6.07) is 15.7. The number of piperidine rings is 1. The standard InChI is InChI=1S/C25H28Cl2N4O2S/c26-20-7-8-21(22(27)15-20)24-29-23(33-30-24)16-31-12-9-19(10-13-31)25(32)28-11-4-14-34-17-18-5-2-1-3-6-18/h1-3,5-8,15,19H,4,9-14,16-17H2,(H,28,32). The van der Waals surface area contributed by atoms with E-state index < -0.39 is 0 Å². The predicted molar refractivity (Wildman–Crippen MR) is 138 cm³/mol.